The van der Waals surface area contributed by atoms with Crippen LogP contribution in [0.1, 0.15) is 23.9 Å². The first-order valence-corrected chi connectivity index (χ1v) is 4.90. The van der Waals surface area contributed by atoms with Gasteiger partial charge in [-0.25, -0.2) is 0 Å². The Hall–Kier alpha value is -0.900. The molecule has 1 fully saturated rings. The van der Waals surface area contributed by atoms with Crippen molar-refractivity contribution in [2.24, 2.45) is 5.92 Å². The van der Waals surface area contributed by atoms with Crippen LogP contribution in [-0.4, -0.2) is 30.3 Å². The van der Waals surface area contributed by atoms with Gasteiger partial charge in [0.05, 0.1) is 18.4 Å². The average molecular weight is 198 g/mol. The third kappa shape index (κ3) is 1.66. The molecule has 3 nitrogen and oxygen atoms in total. The van der Waals surface area contributed by atoms with Gasteiger partial charge < -0.3 is 4.52 Å². The van der Waals surface area contributed by atoms with Crippen molar-refractivity contribution in [3.8, 4) is 0 Å². The zero-order chi connectivity index (χ0) is 10.1. The highest BCUT2D eigenvalue weighted by atomic mass is 19.1. The number of nitrogens with zero attached hydrogens (tertiary/aromatic N) is 2. The first-order valence-electron chi connectivity index (χ1n) is 4.90. The van der Waals surface area contributed by atoms with Crippen molar-refractivity contribution >= 4 is 0 Å². The normalized spacial score (nSPS) is 28.5. The fourth-order valence-electron chi connectivity index (χ4n) is 2.09. The standard InChI is InChI=1S/C10H15FN2O/c1-7-3-10(14-12-7)9-4-8(5-11)6-13(9)2/h3,8-9H,4-6H2,1-2H3/t8-,9+/m0/s1. The van der Waals surface area contributed by atoms with Gasteiger partial charge in [-0.15, -0.1) is 0 Å². The number of rotatable bonds is 2. The molecule has 1 aliphatic rings. The molecular formula is C10H15FN2O. The van der Waals surface area contributed by atoms with Crippen molar-refractivity contribution in [3.05, 3.63) is 17.5 Å². The molecule has 4 heteroatoms. The molecule has 0 bridgehead atoms. The molecule has 0 aromatic carbocycles. The van der Waals surface area contributed by atoms with Crippen LogP contribution in [0.25, 0.3) is 0 Å². The Kier molecular flexibility index (Phi) is 2.54. The molecule has 0 amide bonds. The van der Waals surface area contributed by atoms with E-state index in [2.05, 4.69) is 10.1 Å². The van der Waals surface area contributed by atoms with Crippen molar-refractivity contribution in [2.45, 2.75) is 19.4 Å². The quantitative estimate of drug-likeness (QED) is 0.727. The van der Waals surface area contributed by atoms with Gasteiger partial charge >= 0.3 is 0 Å². The molecule has 14 heavy (non-hydrogen) atoms. The third-order valence-corrected chi connectivity index (χ3v) is 2.83. The molecule has 78 valence electrons. The smallest absolute Gasteiger partial charge is 0.154 e. The minimum atomic E-state index is -0.242. The van der Waals surface area contributed by atoms with Gasteiger partial charge in [0, 0.05) is 18.5 Å². The summed E-state index contributed by atoms with van der Waals surface area (Å²) >= 11 is 0. The summed E-state index contributed by atoms with van der Waals surface area (Å²) in [5.74, 6) is 1.01. The summed E-state index contributed by atoms with van der Waals surface area (Å²) in [7, 11) is 2.00. The number of hydrogen-bond donors (Lipinski definition) is 0. The zero-order valence-electron chi connectivity index (χ0n) is 8.53. The first kappa shape index (κ1) is 9.65. The van der Waals surface area contributed by atoms with E-state index in [0.29, 0.717) is 0 Å². The van der Waals surface area contributed by atoms with Crippen LogP contribution < -0.4 is 0 Å². The molecule has 1 aromatic rings. The lowest BCUT2D eigenvalue weighted by atomic mass is 10.1. The summed E-state index contributed by atoms with van der Waals surface area (Å²) in [4.78, 5) is 2.13. The van der Waals surface area contributed by atoms with E-state index in [9.17, 15) is 4.39 Å². The lowest BCUT2D eigenvalue weighted by Gasteiger charge is -2.15. The number of aromatic nitrogens is 1. The molecule has 1 aliphatic heterocycles. The fourth-order valence-corrected chi connectivity index (χ4v) is 2.09. The fraction of sp³-hybridized carbons (Fsp3) is 0.700. The molecule has 1 saturated heterocycles. The van der Waals surface area contributed by atoms with Gasteiger partial charge in [0.2, 0.25) is 0 Å². The molecule has 2 heterocycles. The van der Waals surface area contributed by atoms with Gasteiger partial charge in [-0.2, -0.15) is 0 Å². The van der Waals surface area contributed by atoms with Gasteiger partial charge in [0.25, 0.3) is 0 Å². The molecule has 0 unspecified atom stereocenters. The highest BCUT2D eigenvalue weighted by Crippen LogP contribution is 2.34. The first-order chi connectivity index (χ1) is 6.70. The van der Waals surface area contributed by atoms with Crippen LogP contribution in [0.4, 0.5) is 4.39 Å². The Morgan fingerprint density at radius 1 is 1.71 bits per heavy atom. The number of likely N-dealkylation sites (tertiary alicyclic amines) is 1. The van der Waals surface area contributed by atoms with Crippen molar-refractivity contribution in [2.75, 3.05) is 20.3 Å². The monoisotopic (exact) mass is 198 g/mol. The van der Waals surface area contributed by atoms with Crippen molar-refractivity contribution < 1.29 is 8.91 Å². The average Bonchev–Trinajstić information content (AvgIpc) is 2.71. The van der Waals surface area contributed by atoms with Gasteiger partial charge in [-0.3, -0.25) is 9.29 Å². The summed E-state index contributed by atoms with van der Waals surface area (Å²) in [6.07, 6.45) is 0.835. The number of aryl methyl sites for hydroxylation is 1. The van der Waals surface area contributed by atoms with Crippen LogP contribution in [0, 0.1) is 12.8 Å². The third-order valence-electron chi connectivity index (χ3n) is 2.83. The van der Waals surface area contributed by atoms with E-state index in [0.717, 1.165) is 24.4 Å². The van der Waals surface area contributed by atoms with Crippen LogP contribution in [-0.2, 0) is 0 Å². The minimum absolute atomic E-state index is 0.149. The molecule has 0 saturated carbocycles. The number of halogens is 1. The number of hydrogen-bond acceptors (Lipinski definition) is 3. The van der Waals surface area contributed by atoms with E-state index in [1.807, 2.05) is 20.0 Å². The molecule has 0 N–H and O–H groups in total. The van der Waals surface area contributed by atoms with Gasteiger partial charge in [-0.1, -0.05) is 5.16 Å². The van der Waals surface area contributed by atoms with E-state index < -0.39 is 0 Å². The molecule has 1 aromatic heterocycles. The maximum atomic E-state index is 12.5. The second-order valence-electron chi connectivity index (χ2n) is 4.08. The molecule has 0 radical (unpaired) electrons. The topological polar surface area (TPSA) is 29.3 Å². The predicted octanol–water partition coefficient (Wildman–Crippen LogP) is 1.95. The van der Waals surface area contributed by atoms with E-state index in [-0.39, 0.29) is 18.6 Å². The highest BCUT2D eigenvalue weighted by molar-refractivity contribution is 5.09. The van der Waals surface area contributed by atoms with Gasteiger partial charge in [-0.05, 0) is 20.4 Å². The van der Waals surface area contributed by atoms with Gasteiger partial charge in [0.1, 0.15) is 0 Å². The van der Waals surface area contributed by atoms with E-state index in [4.69, 9.17) is 4.52 Å². The summed E-state index contributed by atoms with van der Waals surface area (Å²) in [5, 5.41) is 3.85. The maximum Gasteiger partial charge on any atom is 0.154 e. The Morgan fingerprint density at radius 3 is 3.00 bits per heavy atom. The van der Waals surface area contributed by atoms with Crippen LogP contribution in [0.2, 0.25) is 0 Å². The van der Waals surface area contributed by atoms with Crippen LogP contribution >= 0.6 is 0 Å². The Balaban J connectivity index is 2.12. The molecule has 0 aliphatic carbocycles. The summed E-state index contributed by atoms with van der Waals surface area (Å²) < 4.78 is 17.7. The minimum Gasteiger partial charge on any atom is -0.359 e. The summed E-state index contributed by atoms with van der Waals surface area (Å²) in [5.41, 5.74) is 0.886. The lowest BCUT2D eigenvalue weighted by Crippen LogP contribution is -2.18. The van der Waals surface area contributed by atoms with Crippen LogP contribution in [0.3, 0.4) is 0 Å². The Morgan fingerprint density at radius 2 is 2.50 bits per heavy atom. The largest absolute Gasteiger partial charge is 0.359 e. The van der Waals surface area contributed by atoms with E-state index in [1.165, 1.54) is 0 Å². The van der Waals surface area contributed by atoms with E-state index >= 15 is 0 Å². The molecular weight excluding hydrogens is 183 g/mol. The molecule has 0 spiro atoms. The van der Waals surface area contributed by atoms with Crippen molar-refractivity contribution in [1.29, 1.82) is 0 Å². The van der Waals surface area contributed by atoms with Crippen LogP contribution in [0.15, 0.2) is 10.6 Å². The van der Waals surface area contributed by atoms with E-state index in [1.54, 1.807) is 0 Å². The van der Waals surface area contributed by atoms with Crippen molar-refractivity contribution in [3.63, 3.8) is 0 Å². The predicted molar refractivity (Wildman–Crippen MR) is 50.7 cm³/mol. The highest BCUT2D eigenvalue weighted by Gasteiger charge is 2.32. The van der Waals surface area contributed by atoms with Crippen molar-refractivity contribution in [1.82, 2.24) is 10.1 Å². The second-order valence-corrected chi connectivity index (χ2v) is 4.08. The molecule has 2 rings (SSSR count). The SMILES string of the molecule is Cc1cc([C@H]2C[C@@H](CF)CN2C)on1. The van der Waals surface area contributed by atoms with Gasteiger partial charge in [0.15, 0.2) is 5.76 Å². The Bertz CT molecular complexity index is 313. The second kappa shape index (κ2) is 3.69. The zero-order valence-corrected chi connectivity index (χ0v) is 8.53. The lowest BCUT2D eigenvalue weighted by molar-refractivity contribution is 0.250. The molecule has 2 atom stereocenters. The number of alkyl halides is 1. The summed E-state index contributed by atoms with van der Waals surface area (Å²) in [6.45, 7) is 2.46. The maximum absolute atomic E-state index is 12.5. The Labute approximate surface area is 82.9 Å². The van der Waals surface area contributed by atoms with Crippen LogP contribution in [0.5, 0.6) is 0 Å². The summed E-state index contributed by atoms with van der Waals surface area (Å²) in [6, 6.07) is 2.14.